The van der Waals surface area contributed by atoms with Crippen molar-refractivity contribution < 1.29 is 24.6 Å². The van der Waals surface area contributed by atoms with Crippen LogP contribution in [0.15, 0.2) is 12.2 Å². The second-order valence-corrected chi connectivity index (χ2v) is 4.30. The Morgan fingerprint density at radius 1 is 1.29 bits per heavy atom. The smallest absolute Gasteiger partial charge is 0.328 e. The number of hydrogen-bond acceptors (Lipinski definition) is 4. The molecule has 0 aliphatic heterocycles. The molecule has 0 radical (unpaired) electrons. The molecule has 1 amide bonds. The number of amides is 1. The van der Waals surface area contributed by atoms with E-state index in [1.807, 2.05) is 6.92 Å². The van der Waals surface area contributed by atoms with Crippen LogP contribution in [0.4, 0.5) is 0 Å². The highest BCUT2D eigenvalue weighted by Crippen LogP contribution is 2.05. The number of carbonyl (C=O) groups excluding carboxylic acids is 1. The van der Waals surface area contributed by atoms with Crippen LogP contribution in [0.5, 0.6) is 0 Å². The molecule has 0 bridgehead atoms. The quantitative estimate of drug-likeness (QED) is 0.430. The molecule has 0 aliphatic rings. The Balaban J connectivity index is 4.20. The minimum atomic E-state index is -1.26. The molecule has 0 aromatic rings. The first kappa shape index (κ1) is 15.5. The van der Waals surface area contributed by atoms with Gasteiger partial charge in [-0.25, -0.2) is 9.59 Å². The standard InChI is InChI=1S/C10H15NO5S/c1-2-5-17-6-7(10(15)16)11-8(12)3-4-9(13)14/h3-4,7H,2,5-6H2,1H3,(H,11,12)(H,13,14)(H,15,16)/b4-3+. The zero-order valence-electron chi connectivity index (χ0n) is 9.38. The second-order valence-electron chi connectivity index (χ2n) is 3.15. The van der Waals surface area contributed by atoms with Gasteiger partial charge in [0.2, 0.25) is 5.91 Å². The molecule has 1 atom stereocenters. The molecular weight excluding hydrogens is 246 g/mol. The third kappa shape index (κ3) is 8.32. The first-order valence-corrected chi connectivity index (χ1v) is 6.15. The van der Waals surface area contributed by atoms with E-state index < -0.39 is 23.9 Å². The van der Waals surface area contributed by atoms with Crippen LogP contribution in [0.2, 0.25) is 0 Å². The summed E-state index contributed by atoms with van der Waals surface area (Å²) in [5.74, 6) is -2.05. The molecule has 0 aromatic carbocycles. The Morgan fingerprint density at radius 3 is 2.41 bits per heavy atom. The molecule has 3 N–H and O–H groups in total. The van der Waals surface area contributed by atoms with Crippen LogP contribution in [0, 0.1) is 0 Å². The van der Waals surface area contributed by atoms with Gasteiger partial charge in [-0.3, -0.25) is 4.79 Å². The zero-order chi connectivity index (χ0) is 13.3. The summed E-state index contributed by atoms with van der Waals surface area (Å²) < 4.78 is 0. The summed E-state index contributed by atoms with van der Waals surface area (Å²) >= 11 is 1.42. The van der Waals surface area contributed by atoms with Gasteiger partial charge in [0, 0.05) is 17.9 Å². The van der Waals surface area contributed by atoms with Crippen LogP contribution in [0.1, 0.15) is 13.3 Å². The SMILES string of the molecule is CCCSCC(NC(=O)/C=C/C(=O)O)C(=O)O. The maximum atomic E-state index is 11.2. The number of aliphatic carboxylic acids is 2. The summed E-state index contributed by atoms with van der Waals surface area (Å²) in [6.45, 7) is 1.97. The monoisotopic (exact) mass is 261 g/mol. The van der Waals surface area contributed by atoms with Crippen molar-refractivity contribution in [2.24, 2.45) is 0 Å². The van der Waals surface area contributed by atoms with E-state index in [-0.39, 0.29) is 5.75 Å². The maximum Gasteiger partial charge on any atom is 0.328 e. The molecule has 0 saturated carbocycles. The van der Waals surface area contributed by atoms with E-state index in [0.717, 1.165) is 18.2 Å². The van der Waals surface area contributed by atoms with Crippen LogP contribution in [-0.2, 0) is 14.4 Å². The molecule has 0 rings (SSSR count). The Kier molecular flexibility index (Phi) is 7.87. The minimum Gasteiger partial charge on any atom is -0.480 e. The van der Waals surface area contributed by atoms with Crippen molar-refractivity contribution in [2.45, 2.75) is 19.4 Å². The van der Waals surface area contributed by atoms with Gasteiger partial charge in [-0.1, -0.05) is 6.92 Å². The van der Waals surface area contributed by atoms with Gasteiger partial charge in [0.1, 0.15) is 6.04 Å². The highest BCUT2D eigenvalue weighted by Gasteiger charge is 2.18. The summed E-state index contributed by atoms with van der Waals surface area (Å²) in [7, 11) is 0. The van der Waals surface area contributed by atoms with Crippen LogP contribution >= 0.6 is 11.8 Å². The minimum absolute atomic E-state index is 0.260. The summed E-state index contributed by atoms with van der Waals surface area (Å²) in [6, 6.07) is -1.00. The summed E-state index contributed by atoms with van der Waals surface area (Å²) in [6.07, 6.45) is 2.38. The van der Waals surface area contributed by atoms with Crippen LogP contribution in [-0.4, -0.2) is 45.6 Å². The van der Waals surface area contributed by atoms with E-state index in [9.17, 15) is 14.4 Å². The van der Waals surface area contributed by atoms with Gasteiger partial charge in [-0.05, 0) is 12.2 Å². The van der Waals surface area contributed by atoms with Gasteiger partial charge in [0.05, 0.1) is 0 Å². The molecule has 0 spiro atoms. The van der Waals surface area contributed by atoms with Crippen molar-refractivity contribution in [2.75, 3.05) is 11.5 Å². The van der Waals surface area contributed by atoms with E-state index in [2.05, 4.69) is 5.32 Å². The number of carbonyl (C=O) groups is 3. The van der Waals surface area contributed by atoms with Crippen LogP contribution in [0.25, 0.3) is 0 Å². The summed E-state index contributed by atoms with van der Waals surface area (Å²) in [4.78, 5) is 32.1. The summed E-state index contributed by atoms with van der Waals surface area (Å²) in [5.41, 5.74) is 0. The fraction of sp³-hybridized carbons (Fsp3) is 0.500. The van der Waals surface area contributed by atoms with Gasteiger partial charge >= 0.3 is 11.9 Å². The lowest BCUT2D eigenvalue weighted by molar-refractivity contribution is -0.140. The molecule has 0 aliphatic carbocycles. The lowest BCUT2D eigenvalue weighted by Crippen LogP contribution is -2.42. The van der Waals surface area contributed by atoms with Gasteiger partial charge in [-0.15, -0.1) is 0 Å². The van der Waals surface area contributed by atoms with E-state index in [1.54, 1.807) is 0 Å². The lowest BCUT2D eigenvalue weighted by Gasteiger charge is -2.12. The molecule has 6 nitrogen and oxygen atoms in total. The summed E-state index contributed by atoms with van der Waals surface area (Å²) in [5, 5.41) is 19.3. The van der Waals surface area contributed by atoms with E-state index in [4.69, 9.17) is 10.2 Å². The van der Waals surface area contributed by atoms with E-state index in [0.29, 0.717) is 6.08 Å². The Bertz CT molecular complexity index is 316. The average molecular weight is 261 g/mol. The molecule has 0 aromatic heterocycles. The number of carboxylic acid groups (broad SMARTS) is 2. The molecular formula is C10H15NO5S. The first-order valence-electron chi connectivity index (χ1n) is 4.99. The molecule has 0 saturated heterocycles. The van der Waals surface area contributed by atoms with Gasteiger partial charge < -0.3 is 15.5 Å². The lowest BCUT2D eigenvalue weighted by atomic mass is 10.3. The number of carboxylic acids is 2. The fourth-order valence-corrected chi connectivity index (χ4v) is 1.80. The van der Waals surface area contributed by atoms with Crippen molar-refractivity contribution in [3.05, 3.63) is 12.2 Å². The maximum absolute atomic E-state index is 11.2. The highest BCUT2D eigenvalue weighted by atomic mass is 32.2. The van der Waals surface area contributed by atoms with Crippen molar-refractivity contribution in [1.29, 1.82) is 0 Å². The van der Waals surface area contributed by atoms with Gasteiger partial charge in [-0.2, -0.15) is 11.8 Å². The molecule has 17 heavy (non-hydrogen) atoms. The molecule has 0 heterocycles. The molecule has 0 fully saturated rings. The average Bonchev–Trinajstić information content (AvgIpc) is 2.25. The number of nitrogens with one attached hydrogen (secondary N) is 1. The molecule has 1 unspecified atom stereocenters. The normalized spacial score (nSPS) is 12.3. The molecule has 7 heteroatoms. The Morgan fingerprint density at radius 2 is 1.94 bits per heavy atom. The zero-order valence-corrected chi connectivity index (χ0v) is 10.2. The van der Waals surface area contributed by atoms with Gasteiger partial charge in [0.25, 0.3) is 0 Å². The Hall–Kier alpha value is -1.50. The van der Waals surface area contributed by atoms with Crippen LogP contribution < -0.4 is 5.32 Å². The van der Waals surface area contributed by atoms with E-state index >= 15 is 0 Å². The molecule has 96 valence electrons. The Labute approximate surface area is 103 Å². The van der Waals surface area contributed by atoms with Crippen molar-refractivity contribution in [3.63, 3.8) is 0 Å². The first-order chi connectivity index (χ1) is 7.97. The van der Waals surface area contributed by atoms with Gasteiger partial charge in [0.15, 0.2) is 0 Å². The number of rotatable bonds is 8. The van der Waals surface area contributed by atoms with Crippen LogP contribution in [0.3, 0.4) is 0 Å². The third-order valence-corrected chi connectivity index (χ3v) is 2.89. The topological polar surface area (TPSA) is 104 Å². The predicted octanol–water partition coefficient (Wildman–Crippen LogP) is 0.340. The van der Waals surface area contributed by atoms with Crippen molar-refractivity contribution >= 4 is 29.6 Å². The predicted molar refractivity (Wildman–Crippen MR) is 64.0 cm³/mol. The van der Waals surface area contributed by atoms with E-state index in [1.165, 1.54) is 11.8 Å². The second kappa shape index (κ2) is 8.63. The largest absolute Gasteiger partial charge is 0.480 e. The fourth-order valence-electron chi connectivity index (χ4n) is 0.887. The number of hydrogen-bond donors (Lipinski definition) is 3. The third-order valence-electron chi connectivity index (χ3n) is 1.62. The van der Waals surface area contributed by atoms with Crippen molar-refractivity contribution in [3.8, 4) is 0 Å². The highest BCUT2D eigenvalue weighted by molar-refractivity contribution is 7.99. The van der Waals surface area contributed by atoms with Crippen molar-refractivity contribution in [1.82, 2.24) is 5.32 Å². The number of thioether (sulfide) groups is 1.